The van der Waals surface area contributed by atoms with Gasteiger partial charge in [0.15, 0.2) is 11.6 Å². The van der Waals surface area contributed by atoms with Crippen LogP contribution in [-0.2, 0) is 85.6 Å². The molecule has 3 N–H and O–H groups in total. The Morgan fingerprint density at radius 3 is 1.31 bits per heavy atom. The minimum atomic E-state index is -1.84. The molecule has 0 saturated heterocycles. The molecular weight excluding hydrogens is 1050 g/mol. The van der Waals surface area contributed by atoms with Gasteiger partial charge in [0.2, 0.25) is 35.1 Å². The summed E-state index contributed by atoms with van der Waals surface area (Å²) in [6.07, 6.45) is 2.16. The lowest BCUT2D eigenvalue weighted by Crippen LogP contribution is -2.59. The molecule has 0 aliphatic rings. The van der Waals surface area contributed by atoms with Crippen molar-refractivity contribution in [1.29, 1.82) is 0 Å². The third-order valence-electron chi connectivity index (χ3n) is 10.6. The lowest BCUT2D eigenvalue weighted by molar-refractivity contribution is -0.135. The van der Waals surface area contributed by atoms with E-state index in [1.807, 2.05) is 6.92 Å². The highest BCUT2D eigenvalue weighted by molar-refractivity contribution is 5.79. The Labute approximate surface area is 455 Å². The fourth-order valence-corrected chi connectivity index (χ4v) is 6.49. The average Bonchev–Trinajstić information content (AvgIpc) is 3.43. The number of amides is 3. The summed E-state index contributed by atoms with van der Waals surface area (Å²) < 4.78 is 125. The van der Waals surface area contributed by atoms with Crippen molar-refractivity contribution in [2.75, 3.05) is 173 Å². The van der Waals surface area contributed by atoms with Crippen molar-refractivity contribution < 1.29 is 108 Å². The van der Waals surface area contributed by atoms with Crippen LogP contribution in [0.1, 0.15) is 84.0 Å². The van der Waals surface area contributed by atoms with Gasteiger partial charge in [-0.2, -0.15) is 8.78 Å². The fraction of sp³-hybridized carbons (Fsp3) is 0.769. The Morgan fingerprint density at radius 2 is 0.821 bits per heavy atom. The number of Topliss-reactive ketones (excluding diaryl/α,β-unsaturated/α-hetero) is 2. The molecule has 1 rings (SSSR count). The zero-order valence-electron chi connectivity index (χ0n) is 45.8. The van der Waals surface area contributed by atoms with Gasteiger partial charge in [-0.1, -0.05) is 6.92 Å². The molecule has 0 aliphatic carbocycles. The number of carbonyl (C=O) groups is 6. The van der Waals surface area contributed by atoms with E-state index >= 15 is 0 Å². The highest BCUT2D eigenvalue weighted by atomic mass is 19.2. The van der Waals surface area contributed by atoms with Crippen LogP contribution in [0, 0.1) is 23.3 Å². The molecule has 78 heavy (non-hydrogen) atoms. The van der Waals surface area contributed by atoms with E-state index in [9.17, 15) is 46.3 Å². The summed E-state index contributed by atoms with van der Waals surface area (Å²) in [5.41, 5.74) is -1.28. The third-order valence-corrected chi connectivity index (χ3v) is 10.6. The maximum absolute atomic E-state index is 13.7. The van der Waals surface area contributed by atoms with Crippen molar-refractivity contribution in [3.05, 3.63) is 29.3 Å². The zero-order chi connectivity index (χ0) is 57.3. The van der Waals surface area contributed by atoms with Crippen molar-refractivity contribution in [3.63, 3.8) is 0 Å². The second kappa shape index (κ2) is 48.6. The second-order valence-corrected chi connectivity index (χ2v) is 17.4. The van der Waals surface area contributed by atoms with Crippen LogP contribution in [-0.4, -0.2) is 213 Å². The summed E-state index contributed by atoms with van der Waals surface area (Å²) in [4.78, 5) is 75.1. The van der Waals surface area contributed by atoms with Gasteiger partial charge in [0.25, 0.3) is 0 Å². The number of carbonyl (C=O) groups excluding carboxylic acids is 6. The van der Waals surface area contributed by atoms with Crippen LogP contribution in [0.25, 0.3) is 0 Å². The topological polar surface area (TPSA) is 258 Å². The Balaban J connectivity index is 2.55. The first-order chi connectivity index (χ1) is 37.8. The van der Waals surface area contributed by atoms with E-state index in [0.29, 0.717) is 85.1 Å². The molecular formula is C52H85F4N3O19. The van der Waals surface area contributed by atoms with Gasteiger partial charge in [0.1, 0.15) is 17.1 Å². The van der Waals surface area contributed by atoms with Gasteiger partial charge in [-0.25, -0.2) is 8.78 Å². The van der Waals surface area contributed by atoms with Crippen molar-refractivity contribution >= 4 is 35.3 Å². The lowest BCUT2D eigenvalue weighted by Gasteiger charge is -2.34. The van der Waals surface area contributed by atoms with Gasteiger partial charge in [0, 0.05) is 105 Å². The summed E-state index contributed by atoms with van der Waals surface area (Å²) in [7, 11) is 3.16. The van der Waals surface area contributed by atoms with Crippen molar-refractivity contribution in [2.45, 2.75) is 89.5 Å². The van der Waals surface area contributed by atoms with E-state index in [1.165, 1.54) is 0 Å². The van der Waals surface area contributed by atoms with Gasteiger partial charge in [-0.05, 0) is 25.7 Å². The van der Waals surface area contributed by atoms with E-state index in [4.69, 9.17) is 56.8 Å². The van der Waals surface area contributed by atoms with Crippen molar-refractivity contribution in [3.8, 4) is 5.75 Å². The Morgan fingerprint density at radius 1 is 0.423 bits per heavy atom. The third kappa shape index (κ3) is 39.1. The van der Waals surface area contributed by atoms with Gasteiger partial charge in [0.05, 0.1) is 126 Å². The molecule has 0 unspecified atom stereocenters. The predicted molar refractivity (Wildman–Crippen MR) is 272 cm³/mol. The number of ether oxygens (including phenoxy) is 13. The average molecular weight is 1130 g/mol. The van der Waals surface area contributed by atoms with Gasteiger partial charge in [-0.3, -0.25) is 28.8 Å². The summed E-state index contributed by atoms with van der Waals surface area (Å²) >= 11 is 0. The van der Waals surface area contributed by atoms with Gasteiger partial charge < -0.3 is 77.5 Å². The Hall–Kier alpha value is -4.32. The monoisotopic (exact) mass is 1130 g/mol. The molecule has 0 atom stereocenters. The molecule has 450 valence electrons. The van der Waals surface area contributed by atoms with Crippen LogP contribution in [0.15, 0.2) is 6.07 Å². The summed E-state index contributed by atoms with van der Waals surface area (Å²) in [6, 6.07) is -0.0132. The SMILES string of the molecule is CCCOCCNC(=O)CCOCC(COCCC(=O)CCCOCCOC)(COCCC(=O)CCCOCCOC)NC(=O)CCOCCOCCOCCOCCNC(=O)CCCC(=O)Oc1c(F)c(F)cc(F)c1F. The fourth-order valence-electron chi connectivity index (χ4n) is 6.49. The summed E-state index contributed by atoms with van der Waals surface area (Å²) in [6.45, 7) is 7.40. The maximum atomic E-state index is 13.7. The number of hydrogen-bond acceptors (Lipinski definition) is 19. The van der Waals surface area contributed by atoms with Crippen LogP contribution >= 0.6 is 0 Å². The number of hydrogen-bond donors (Lipinski definition) is 3. The first-order valence-electron chi connectivity index (χ1n) is 26.4. The van der Waals surface area contributed by atoms with E-state index in [-0.39, 0.29) is 161 Å². The number of esters is 1. The number of ketones is 2. The highest BCUT2D eigenvalue weighted by Crippen LogP contribution is 2.27. The molecule has 1 aromatic rings. The molecule has 0 aromatic heterocycles. The predicted octanol–water partition coefficient (Wildman–Crippen LogP) is 3.53. The summed E-state index contributed by atoms with van der Waals surface area (Å²) in [5, 5.41) is 8.33. The number of methoxy groups -OCH3 is 2. The first-order valence-corrected chi connectivity index (χ1v) is 26.4. The highest BCUT2D eigenvalue weighted by Gasteiger charge is 2.34. The molecule has 0 fully saturated rings. The van der Waals surface area contributed by atoms with E-state index in [1.54, 1.807) is 14.2 Å². The normalized spacial score (nSPS) is 11.5. The number of halogens is 4. The zero-order valence-corrected chi connectivity index (χ0v) is 45.8. The molecule has 26 heteroatoms. The number of benzene rings is 1. The van der Waals surface area contributed by atoms with Crippen LogP contribution in [0.4, 0.5) is 17.6 Å². The minimum Gasteiger partial charge on any atom is -0.420 e. The van der Waals surface area contributed by atoms with Crippen molar-refractivity contribution in [2.24, 2.45) is 0 Å². The van der Waals surface area contributed by atoms with E-state index < -0.39 is 58.8 Å². The van der Waals surface area contributed by atoms with E-state index in [2.05, 4.69) is 20.7 Å². The molecule has 0 radical (unpaired) electrons. The van der Waals surface area contributed by atoms with Crippen LogP contribution in [0.5, 0.6) is 5.75 Å². The quantitative estimate of drug-likeness (QED) is 0.0277. The van der Waals surface area contributed by atoms with Gasteiger partial charge in [-0.15, -0.1) is 0 Å². The summed E-state index contributed by atoms with van der Waals surface area (Å²) in [5.74, 6) is -10.9. The number of nitrogens with one attached hydrogen (secondary N) is 3. The molecule has 0 bridgehead atoms. The molecule has 0 spiro atoms. The molecule has 1 aromatic carbocycles. The van der Waals surface area contributed by atoms with Gasteiger partial charge >= 0.3 is 5.97 Å². The Kier molecular flexibility index (Phi) is 44.6. The minimum absolute atomic E-state index is 0.0132. The standard InChI is InChI=1S/C52H85F4N3O19/c1-4-18-68-25-16-58-46(63)14-24-77-40-52(38-75-21-12-41(60)8-6-19-69-29-27-66-2,39-76-22-13-42(61)9-7-20-70-30-28-67-3)59-47(64)15-23-71-31-33-73-35-36-74-34-32-72-26-17-57-45(62)10-5-11-48(65)78-51-49(55)43(53)37-44(54)50(51)56/h37H,4-36,38-40H2,1-3H3,(H,57,62)(H,58,63)(H,59,64). The van der Waals surface area contributed by atoms with E-state index in [0.717, 1.165) is 6.42 Å². The second-order valence-electron chi connectivity index (χ2n) is 17.4. The number of rotatable bonds is 55. The molecule has 22 nitrogen and oxygen atoms in total. The van der Waals surface area contributed by atoms with Crippen LogP contribution < -0.4 is 20.7 Å². The largest absolute Gasteiger partial charge is 0.420 e. The van der Waals surface area contributed by atoms with Crippen molar-refractivity contribution in [1.82, 2.24) is 16.0 Å². The van der Waals surface area contributed by atoms with Crippen LogP contribution in [0.3, 0.4) is 0 Å². The lowest BCUT2D eigenvalue weighted by atomic mass is 10.0. The first kappa shape index (κ1) is 71.7. The molecule has 0 saturated carbocycles. The molecule has 0 aliphatic heterocycles. The molecule has 3 amide bonds. The smallest absolute Gasteiger partial charge is 0.311 e. The molecule has 0 heterocycles. The Bertz CT molecular complexity index is 1730. The maximum Gasteiger partial charge on any atom is 0.311 e. The van der Waals surface area contributed by atoms with Crippen LogP contribution in [0.2, 0.25) is 0 Å².